The summed E-state index contributed by atoms with van der Waals surface area (Å²) < 4.78 is 47.9. The molecule has 17 nitrogen and oxygen atoms in total. The molecule has 0 unspecified atom stereocenters. The number of nitrogens with one attached hydrogen (secondary N) is 1. The van der Waals surface area contributed by atoms with E-state index in [0.717, 1.165) is 11.3 Å². The molecule has 0 radical (unpaired) electrons. The minimum Gasteiger partial charge on any atom is -0.444 e. The van der Waals surface area contributed by atoms with Gasteiger partial charge in [-0.2, -0.15) is 13.2 Å². The molecule has 0 aromatic heterocycles. The summed E-state index contributed by atoms with van der Waals surface area (Å²) in [5.41, 5.74) is 7.93. The van der Waals surface area contributed by atoms with Crippen LogP contribution in [0.1, 0.15) is 73.4 Å². The Bertz CT molecular complexity index is 2480. The van der Waals surface area contributed by atoms with Crippen molar-refractivity contribution < 1.29 is 56.2 Å². The van der Waals surface area contributed by atoms with Crippen LogP contribution >= 0.6 is 0 Å². The van der Waals surface area contributed by atoms with Gasteiger partial charge in [0, 0.05) is 74.9 Å². The zero-order valence-corrected chi connectivity index (χ0v) is 41.4. The molecular formula is C52H63F3N8O9. The van der Waals surface area contributed by atoms with Crippen LogP contribution in [-0.4, -0.2) is 144 Å². The zero-order chi connectivity index (χ0) is 52.8. The van der Waals surface area contributed by atoms with E-state index in [4.69, 9.17) is 15.2 Å². The number of nitrogens with zero attached hydrogens (tertiary/aromatic N) is 6. The lowest BCUT2D eigenvalue weighted by Gasteiger charge is -2.38. The van der Waals surface area contributed by atoms with E-state index >= 15 is 0 Å². The van der Waals surface area contributed by atoms with Crippen molar-refractivity contribution in [1.29, 1.82) is 0 Å². The smallest absolute Gasteiger partial charge is 0.444 e. The molecule has 4 aromatic rings. The second kappa shape index (κ2) is 24.6. The molecule has 2 aliphatic rings. The third-order valence-corrected chi connectivity index (χ3v) is 11.1. The van der Waals surface area contributed by atoms with Crippen LogP contribution in [0.5, 0.6) is 0 Å². The Labute approximate surface area is 417 Å². The molecule has 3 N–H and O–H groups in total. The minimum absolute atomic E-state index is 0.0384. The van der Waals surface area contributed by atoms with Crippen molar-refractivity contribution in [3.8, 4) is 0 Å². The number of piperazine rings is 2. The van der Waals surface area contributed by atoms with Gasteiger partial charge in [-0.15, -0.1) is 0 Å². The number of ether oxygens (including phenoxy) is 2. The Balaban J connectivity index is 0.000000271. The van der Waals surface area contributed by atoms with Gasteiger partial charge >= 0.3 is 36.3 Å². The Hall–Kier alpha value is -7.48. The van der Waals surface area contributed by atoms with Gasteiger partial charge in [-0.25, -0.2) is 19.2 Å². The van der Waals surface area contributed by atoms with Gasteiger partial charge in [-0.1, -0.05) is 84.9 Å². The quantitative estimate of drug-likeness (QED) is 0.140. The fourth-order valence-corrected chi connectivity index (χ4v) is 7.35. The van der Waals surface area contributed by atoms with Crippen LogP contribution in [0.4, 0.5) is 43.7 Å². The van der Waals surface area contributed by atoms with Crippen molar-refractivity contribution in [1.82, 2.24) is 24.9 Å². The number of urea groups is 2. The van der Waals surface area contributed by atoms with Gasteiger partial charge in [0.25, 0.3) is 0 Å². The van der Waals surface area contributed by atoms with Crippen molar-refractivity contribution in [2.75, 3.05) is 75.2 Å². The highest BCUT2D eigenvalue weighted by Crippen LogP contribution is 2.24. The number of nitrogens with two attached hydrogens (primary N) is 1. The number of anilines is 2. The van der Waals surface area contributed by atoms with Gasteiger partial charge < -0.3 is 40.1 Å². The number of alkyl halides is 3. The lowest BCUT2D eigenvalue weighted by molar-refractivity contribution is -0.173. The molecule has 386 valence electrons. The molecule has 2 fully saturated rings. The number of para-hydroxylation sites is 2. The number of hydrogen-bond donors (Lipinski definition) is 2. The summed E-state index contributed by atoms with van der Waals surface area (Å²) in [5, 5.41) is 1.56. The number of halogens is 3. The predicted molar refractivity (Wildman–Crippen MR) is 264 cm³/mol. The Kier molecular flexibility index (Phi) is 18.9. The maximum Gasteiger partial charge on any atom is 0.471 e. The summed E-state index contributed by atoms with van der Waals surface area (Å²) in [6.07, 6.45) is -5.86. The standard InChI is InChI=1S/C27H31F3N4O5.C25H32N4O4/c1-26(2,3)39-25(38)33-15-13-32(14-16-33)24(37)34(21-7-5-4-6-8-21)18-19-9-11-20(12-10-19)22(35)17-31-23(36)27(28,29)30;1-25(2,3)33-24(32)28-15-13-27(14-16-28)23(31)29(21-7-5-4-6-8-21)18-19-9-11-20(12-10-19)22(30)17-26/h4-12H,13-18H2,1-3H3,(H,31,36);4-12H,13-18,26H2,1-3H3. The number of hydrogen-bond acceptors (Lipinski definition) is 10. The minimum atomic E-state index is -5.07. The number of rotatable bonds is 11. The lowest BCUT2D eigenvalue weighted by Crippen LogP contribution is -2.54. The first-order valence-electron chi connectivity index (χ1n) is 23.4. The van der Waals surface area contributed by atoms with Crippen LogP contribution in [0.3, 0.4) is 0 Å². The van der Waals surface area contributed by atoms with E-state index in [1.807, 2.05) is 69.3 Å². The average Bonchev–Trinajstić information content (AvgIpc) is 3.35. The second-order valence-electron chi connectivity index (χ2n) is 18.9. The normalized spacial score (nSPS) is 14.0. The van der Waals surface area contributed by atoms with Gasteiger partial charge in [0.15, 0.2) is 11.6 Å². The monoisotopic (exact) mass is 1000 g/mol. The second-order valence-corrected chi connectivity index (χ2v) is 18.9. The maximum absolute atomic E-state index is 13.5. The molecule has 2 aliphatic heterocycles. The van der Waals surface area contributed by atoms with E-state index in [1.54, 1.807) is 104 Å². The van der Waals surface area contributed by atoms with E-state index in [-0.39, 0.29) is 42.6 Å². The highest BCUT2D eigenvalue weighted by Gasteiger charge is 2.39. The zero-order valence-electron chi connectivity index (χ0n) is 41.4. The predicted octanol–water partition coefficient (Wildman–Crippen LogP) is 7.73. The van der Waals surface area contributed by atoms with Crippen LogP contribution in [0.15, 0.2) is 109 Å². The molecule has 0 aliphatic carbocycles. The third-order valence-electron chi connectivity index (χ3n) is 11.1. The molecule has 6 rings (SSSR count). The number of amides is 7. The maximum atomic E-state index is 13.5. The number of carbonyl (C=O) groups excluding carboxylic acids is 7. The molecule has 0 bridgehead atoms. The fraction of sp³-hybridized carbons (Fsp3) is 0.404. The van der Waals surface area contributed by atoms with Crippen LogP contribution in [-0.2, 0) is 27.4 Å². The molecule has 0 atom stereocenters. The summed E-state index contributed by atoms with van der Waals surface area (Å²) in [5.74, 6) is -2.99. The van der Waals surface area contributed by atoms with Crippen LogP contribution in [0.25, 0.3) is 0 Å². The van der Waals surface area contributed by atoms with E-state index in [0.29, 0.717) is 75.7 Å². The van der Waals surface area contributed by atoms with Crippen LogP contribution < -0.4 is 20.9 Å². The Morgan fingerprint density at radius 2 is 0.847 bits per heavy atom. The van der Waals surface area contributed by atoms with Crippen LogP contribution in [0, 0.1) is 0 Å². The van der Waals surface area contributed by atoms with Crippen molar-refractivity contribution >= 4 is 53.1 Å². The number of carbonyl (C=O) groups is 7. The summed E-state index contributed by atoms with van der Waals surface area (Å²) in [6.45, 7) is 13.5. The highest BCUT2D eigenvalue weighted by atomic mass is 19.4. The molecule has 0 spiro atoms. The van der Waals surface area contributed by atoms with E-state index in [1.165, 1.54) is 12.1 Å². The van der Waals surface area contributed by atoms with Crippen molar-refractivity contribution in [3.05, 3.63) is 131 Å². The number of Topliss-reactive ketones (excluding diaryl/α,β-unsaturated/α-hetero) is 2. The number of benzene rings is 4. The largest absolute Gasteiger partial charge is 0.471 e. The summed E-state index contributed by atoms with van der Waals surface area (Å²) in [4.78, 5) is 96.6. The molecule has 72 heavy (non-hydrogen) atoms. The average molecular weight is 1000 g/mol. The van der Waals surface area contributed by atoms with Crippen LogP contribution in [0.2, 0.25) is 0 Å². The summed E-state index contributed by atoms with van der Waals surface area (Å²) in [7, 11) is 0. The van der Waals surface area contributed by atoms with E-state index in [2.05, 4.69) is 0 Å². The molecule has 2 saturated heterocycles. The van der Waals surface area contributed by atoms with E-state index in [9.17, 15) is 46.7 Å². The SMILES string of the molecule is CC(C)(C)OC(=O)N1CCN(C(=O)N(Cc2ccc(C(=O)CN)cc2)c2ccccc2)CC1.CC(C)(C)OC(=O)N1CCN(C(=O)N(Cc2ccc(C(=O)CNC(=O)C(F)(F)F)cc2)c2ccccc2)CC1. The van der Waals surface area contributed by atoms with Crippen molar-refractivity contribution in [2.45, 2.75) is 72.0 Å². The Morgan fingerprint density at radius 3 is 1.17 bits per heavy atom. The molecular weight excluding hydrogens is 938 g/mol. The Morgan fingerprint density at radius 1 is 0.514 bits per heavy atom. The first-order valence-corrected chi connectivity index (χ1v) is 23.4. The lowest BCUT2D eigenvalue weighted by atomic mass is 10.1. The van der Waals surface area contributed by atoms with Gasteiger partial charge in [0.05, 0.1) is 26.2 Å². The first kappa shape index (κ1) is 55.4. The van der Waals surface area contributed by atoms with Crippen molar-refractivity contribution in [2.24, 2.45) is 5.73 Å². The first-order chi connectivity index (χ1) is 33.9. The fourth-order valence-electron chi connectivity index (χ4n) is 7.35. The van der Waals surface area contributed by atoms with Crippen molar-refractivity contribution in [3.63, 3.8) is 0 Å². The number of ketones is 2. The van der Waals surface area contributed by atoms with Gasteiger partial charge in [-0.3, -0.25) is 24.2 Å². The molecule has 4 aromatic carbocycles. The van der Waals surface area contributed by atoms with Gasteiger partial charge in [0.2, 0.25) is 0 Å². The van der Waals surface area contributed by atoms with E-state index < -0.39 is 41.7 Å². The molecule has 0 saturated carbocycles. The van der Waals surface area contributed by atoms with Gasteiger partial charge in [-0.05, 0) is 76.9 Å². The summed E-state index contributed by atoms with van der Waals surface area (Å²) in [6, 6.07) is 31.3. The molecule has 20 heteroatoms. The highest BCUT2D eigenvalue weighted by molar-refractivity contribution is 6.00. The topological polar surface area (TPSA) is 195 Å². The van der Waals surface area contributed by atoms with Gasteiger partial charge in [0.1, 0.15) is 11.2 Å². The summed E-state index contributed by atoms with van der Waals surface area (Å²) >= 11 is 0. The molecule has 7 amide bonds. The third kappa shape index (κ3) is 16.6. The molecule has 2 heterocycles.